The van der Waals surface area contributed by atoms with E-state index in [-0.39, 0.29) is 39.4 Å². The van der Waals surface area contributed by atoms with Crippen LogP contribution >= 0.6 is 11.6 Å². The van der Waals surface area contributed by atoms with Crippen molar-refractivity contribution in [1.29, 1.82) is 0 Å². The van der Waals surface area contributed by atoms with Crippen molar-refractivity contribution in [3.63, 3.8) is 0 Å². The number of amides is 2. The summed E-state index contributed by atoms with van der Waals surface area (Å²) in [5.74, 6) is -0.272. The first-order valence-corrected chi connectivity index (χ1v) is 10.6. The van der Waals surface area contributed by atoms with Gasteiger partial charge in [0.2, 0.25) is 0 Å². The van der Waals surface area contributed by atoms with Gasteiger partial charge in [-0.3, -0.25) is 14.4 Å². The van der Waals surface area contributed by atoms with E-state index in [2.05, 4.69) is 0 Å². The van der Waals surface area contributed by atoms with Gasteiger partial charge in [0.05, 0.1) is 16.1 Å². The molecule has 0 radical (unpaired) electrons. The quantitative estimate of drug-likeness (QED) is 0.695. The van der Waals surface area contributed by atoms with Crippen LogP contribution < -0.4 is 0 Å². The second-order valence-corrected chi connectivity index (χ2v) is 9.41. The summed E-state index contributed by atoms with van der Waals surface area (Å²) < 4.78 is 19.1. The standard InChI is InChI=1S/C23H24ClFN2O4/c1-13-19-17(28)11-23(2,3)12-18(19)31-20(13)22(30)27-8-6-26(7-9-27)21(29)15-5-4-14(25)10-16(15)24/h4-5,10H,6-9,11-12H2,1-3H3. The SMILES string of the molecule is Cc1c(C(=O)N2CCN(C(=O)c3ccc(F)cc3Cl)CC2)oc2c1C(=O)CC(C)(C)C2. The first kappa shape index (κ1) is 21.6. The van der Waals surface area contributed by atoms with Gasteiger partial charge in [-0.1, -0.05) is 25.4 Å². The van der Waals surface area contributed by atoms with Crippen molar-refractivity contribution >= 4 is 29.2 Å². The minimum absolute atomic E-state index is 0.0122. The summed E-state index contributed by atoms with van der Waals surface area (Å²) in [6, 6.07) is 3.67. The van der Waals surface area contributed by atoms with E-state index in [9.17, 15) is 18.8 Å². The lowest BCUT2D eigenvalue weighted by atomic mass is 9.76. The van der Waals surface area contributed by atoms with Gasteiger partial charge in [-0.25, -0.2) is 4.39 Å². The Labute approximate surface area is 184 Å². The highest BCUT2D eigenvalue weighted by Crippen LogP contribution is 2.38. The second kappa shape index (κ2) is 7.79. The van der Waals surface area contributed by atoms with E-state index in [1.54, 1.807) is 16.7 Å². The van der Waals surface area contributed by atoms with Crippen LogP contribution in [0.1, 0.15) is 62.9 Å². The maximum Gasteiger partial charge on any atom is 0.289 e. The fourth-order valence-electron chi connectivity index (χ4n) is 4.38. The molecule has 1 aliphatic carbocycles. The van der Waals surface area contributed by atoms with Crippen LogP contribution in [0.4, 0.5) is 4.39 Å². The van der Waals surface area contributed by atoms with Gasteiger partial charge in [-0.2, -0.15) is 0 Å². The third-order valence-corrected chi connectivity index (χ3v) is 6.30. The van der Waals surface area contributed by atoms with Crippen molar-refractivity contribution < 1.29 is 23.2 Å². The number of nitrogens with zero attached hydrogens (tertiary/aromatic N) is 2. The molecule has 1 fully saturated rings. The molecule has 2 amide bonds. The zero-order chi connectivity index (χ0) is 22.5. The van der Waals surface area contributed by atoms with Gasteiger partial charge in [-0.15, -0.1) is 0 Å². The minimum atomic E-state index is -0.504. The smallest absolute Gasteiger partial charge is 0.289 e. The number of carbonyl (C=O) groups excluding carboxylic acids is 3. The third kappa shape index (κ3) is 3.99. The van der Waals surface area contributed by atoms with Gasteiger partial charge in [-0.05, 0) is 30.5 Å². The van der Waals surface area contributed by atoms with Crippen molar-refractivity contribution in [1.82, 2.24) is 9.80 Å². The van der Waals surface area contributed by atoms with Crippen LogP contribution in [0.15, 0.2) is 22.6 Å². The van der Waals surface area contributed by atoms with Crippen LogP contribution in [-0.4, -0.2) is 53.6 Å². The molecule has 0 N–H and O–H groups in total. The number of fused-ring (bicyclic) bond motifs is 1. The summed E-state index contributed by atoms with van der Waals surface area (Å²) in [6.07, 6.45) is 1.05. The number of piperazine rings is 1. The lowest BCUT2D eigenvalue weighted by molar-refractivity contribution is 0.0516. The summed E-state index contributed by atoms with van der Waals surface area (Å²) in [5, 5.41) is 0.0629. The molecule has 8 heteroatoms. The topological polar surface area (TPSA) is 70.8 Å². The van der Waals surface area contributed by atoms with Crippen molar-refractivity contribution in [3.05, 3.63) is 57.2 Å². The van der Waals surface area contributed by atoms with E-state index >= 15 is 0 Å². The van der Waals surface area contributed by atoms with Gasteiger partial charge in [0, 0.05) is 44.6 Å². The molecule has 6 nitrogen and oxygen atoms in total. The Hall–Kier alpha value is -2.67. The molecule has 0 saturated carbocycles. The minimum Gasteiger partial charge on any atom is -0.455 e. The average molecular weight is 447 g/mol. The van der Waals surface area contributed by atoms with Crippen LogP contribution in [0.3, 0.4) is 0 Å². The number of benzene rings is 1. The zero-order valence-corrected chi connectivity index (χ0v) is 18.5. The zero-order valence-electron chi connectivity index (χ0n) is 17.8. The lowest BCUT2D eigenvalue weighted by Gasteiger charge is -2.34. The molecular formula is C23H24ClFN2O4. The first-order valence-electron chi connectivity index (χ1n) is 10.3. The van der Waals surface area contributed by atoms with Gasteiger partial charge in [0.25, 0.3) is 11.8 Å². The van der Waals surface area contributed by atoms with Crippen LogP contribution in [-0.2, 0) is 6.42 Å². The monoisotopic (exact) mass is 446 g/mol. The largest absolute Gasteiger partial charge is 0.455 e. The maximum absolute atomic E-state index is 13.3. The fraction of sp³-hybridized carbons (Fsp3) is 0.435. The fourth-order valence-corrected chi connectivity index (χ4v) is 4.62. The number of carbonyl (C=O) groups is 3. The van der Waals surface area contributed by atoms with Crippen LogP contribution in [0.25, 0.3) is 0 Å². The van der Waals surface area contributed by atoms with Crippen molar-refractivity contribution in [2.45, 2.75) is 33.6 Å². The van der Waals surface area contributed by atoms with E-state index < -0.39 is 5.82 Å². The Kier molecular flexibility index (Phi) is 5.41. The Morgan fingerprint density at radius 1 is 1.06 bits per heavy atom. The molecular weight excluding hydrogens is 423 g/mol. The predicted molar refractivity (Wildman–Crippen MR) is 113 cm³/mol. The molecule has 0 spiro atoms. The highest BCUT2D eigenvalue weighted by atomic mass is 35.5. The van der Waals surface area contributed by atoms with Crippen molar-refractivity contribution in [3.8, 4) is 0 Å². The third-order valence-electron chi connectivity index (χ3n) is 5.99. The second-order valence-electron chi connectivity index (χ2n) is 9.00. The number of furan rings is 1. The highest BCUT2D eigenvalue weighted by molar-refractivity contribution is 6.33. The molecule has 164 valence electrons. The molecule has 2 aliphatic rings. The Bertz CT molecular complexity index is 1080. The summed E-state index contributed by atoms with van der Waals surface area (Å²) in [6.45, 7) is 7.07. The van der Waals surface area contributed by atoms with E-state index in [1.807, 2.05) is 13.8 Å². The summed E-state index contributed by atoms with van der Waals surface area (Å²) in [7, 11) is 0. The number of hydrogen-bond acceptors (Lipinski definition) is 4. The normalized spacial score (nSPS) is 18.2. The molecule has 4 rings (SSSR count). The Morgan fingerprint density at radius 2 is 1.68 bits per heavy atom. The summed E-state index contributed by atoms with van der Waals surface area (Å²) >= 11 is 6.01. The lowest BCUT2D eigenvalue weighted by Crippen LogP contribution is -2.50. The molecule has 2 aromatic rings. The number of ketones is 1. The number of Topliss-reactive ketones (excluding diaryl/α,β-unsaturated/α-hetero) is 1. The Morgan fingerprint density at radius 3 is 2.29 bits per heavy atom. The van der Waals surface area contributed by atoms with Crippen molar-refractivity contribution in [2.75, 3.05) is 26.2 Å². The van der Waals surface area contributed by atoms with Crippen molar-refractivity contribution in [2.24, 2.45) is 5.41 Å². The van der Waals surface area contributed by atoms with Gasteiger partial charge in [0.1, 0.15) is 11.6 Å². The van der Waals surface area contributed by atoms with E-state index in [0.717, 1.165) is 6.07 Å². The van der Waals surface area contributed by atoms with Crippen LogP contribution in [0.2, 0.25) is 5.02 Å². The molecule has 1 aromatic heterocycles. The van der Waals surface area contributed by atoms with Crippen LogP contribution in [0, 0.1) is 18.2 Å². The molecule has 0 atom stereocenters. The van der Waals surface area contributed by atoms with Crippen LogP contribution in [0.5, 0.6) is 0 Å². The first-order chi connectivity index (χ1) is 14.6. The molecule has 2 heterocycles. The number of hydrogen-bond donors (Lipinski definition) is 0. The number of halogens is 2. The molecule has 1 aliphatic heterocycles. The molecule has 1 aromatic carbocycles. The molecule has 0 unspecified atom stereocenters. The van der Waals surface area contributed by atoms with Gasteiger partial charge < -0.3 is 14.2 Å². The number of rotatable bonds is 2. The highest BCUT2D eigenvalue weighted by Gasteiger charge is 2.38. The predicted octanol–water partition coefficient (Wildman–Crippen LogP) is 4.13. The summed E-state index contributed by atoms with van der Waals surface area (Å²) in [5.41, 5.74) is 1.18. The van der Waals surface area contributed by atoms with Gasteiger partial charge >= 0.3 is 0 Å². The van der Waals surface area contributed by atoms with E-state index in [4.69, 9.17) is 16.0 Å². The average Bonchev–Trinajstić information content (AvgIpc) is 3.02. The van der Waals surface area contributed by atoms with E-state index in [1.165, 1.54) is 12.1 Å². The molecule has 0 bridgehead atoms. The maximum atomic E-state index is 13.3. The molecule has 1 saturated heterocycles. The summed E-state index contributed by atoms with van der Waals surface area (Å²) in [4.78, 5) is 41.6. The van der Waals surface area contributed by atoms with Gasteiger partial charge in [0.15, 0.2) is 11.5 Å². The van der Waals surface area contributed by atoms with E-state index in [0.29, 0.717) is 55.9 Å². The molecule has 31 heavy (non-hydrogen) atoms. The Balaban J connectivity index is 1.47.